The van der Waals surface area contributed by atoms with Crippen LogP contribution in [-0.4, -0.2) is 68.7 Å². The molecule has 0 saturated carbocycles. The van der Waals surface area contributed by atoms with Crippen LogP contribution in [0.5, 0.6) is 0 Å². The number of carbonyl (C=O) groups excluding carboxylic acids is 1. The van der Waals surface area contributed by atoms with E-state index in [1.54, 1.807) is 7.11 Å². The molecule has 0 radical (unpaired) electrons. The number of hydrogen-bond acceptors (Lipinski definition) is 4. The molecule has 18 heavy (non-hydrogen) atoms. The summed E-state index contributed by atoms with van der Waals surface area (Å²) in [5, 5.41) is 0. The molecule has 1 atom stereocenters. The molecule has 1 aliphatic rings. The number of likely N-dealkylation sites (tertiary alicyclic amines) is 1. The molecule has 0 aromatic rings. The number of rotatable bonds is 6. The van der Waals surface area contributed by atoms with Gasteiger partial charge in [0.1, 0.15) is 0 Å². The second-order valence-electron chi connectivity index (χ2n) is 5.26. The summed E-state index contributed by atoms with van der Waals surface area (Å²) in [5.74, 6) is 0.100. The first-order valence-corrected chi connectivity index (χ1v) is 6.76. The van der Waals surface area contributed by atoms with Crippen molar-refractivity contribution in [3.63, 3.8) is 0 Å². The lowest BCUT2D eigenvalue weighted by atomic mass is 10.0. The van der Waals surface area contributed by atoms with E-state index in [0.717, 1.165) is 32.4 Å². The number of amides is 1. The summed E-state index contributed by atoms with van der Waals surface area (Å²) in [6.07, 6.45) is 3.64. The van der Waals surface area contributed by atoms with Gasteiger partial charge in [0.05, 0.1) is 6.04 Å². The highest BCUT2D eigenvalue weighted by atomic mass is 16.5. The van der Waals surface area contributed by atoms with Gasteiger partial charge in [0.25, 0.3) is 0 Å². The van der Waals surface area contributed by atoms with Crippen molar-refractivity contribution < 1.29 is 9.53 Å². The number of methoxy groups -OCH3 is 1. The molecule has 1 amide bonds. The Kier molecular flexibility index (Phi) is 6.60. The van der Waals surface area contributed by atoms with Crippen molar-refractivity contribution in [2.75, 3.05) is 40.9 Å². The minimum absolute atomic E-state index is 0.100. The van der Waals surface area contributed by atoms with Gasteiger partial charge in [-0.25, -0.2) is 0 Å². The zero-order valence-electron chi connectivity index (χ0n) is 11.9. The van der Waals surface area contributed by atoms with Gasteiger partial charge in [-0.1, -0.05) is 0 Å². The number of nitrogens with two attached hydrogens (primary N) is 1. The predicted molar refractivity (Wildman–Crippen MR) is 72.4 cm³/mol. The third-order valence-corrected chi connectivity index (χ3v) is 3.69. The van der Waals surface area contributed by atoms with Gasteiger partial charge in [0, 0.05) is 32.8 Å². The van der Waals surface area contributed by atoms with Crippen LogP contribution in [0.4, 0.5) is 0 Å². The predicted octanol–water partition coefficient (Wildman–Crippen LogP) is 0.293. The van der Waals surface area contributed by atoms with E-state index < -0.39 is 0 Å². The normalized spacial score (nSPS) is 19.3. The van der Waals surface area contributed by atoms with Crippen LogP contribution in [0.15, 0.2) is 0 Å². The van der Waals surface area contributed by atoms with Crippen molar-refractivity contribution in [3.05, 3.63) is 0 Å². The van der Waals surface area contributed by atoms with Crippen molar-refractivity contribution >= 4 is 5.91 Å². The molecule has 1 fully saturated rings. The SMILES string of the molecule is COCCCC(N)C(=O)N1CCC(N(C)C)CC1. The zero-order chi connectivity index (χ0) is 13.5. The first-order chi connectivity index (χ1) is 8.56. The maximum absolute atomic E-state index is 12.1. The van der Waals surface area contributed by atoms with E-state index >= 15 is 0 Å². The molecule has 0 aromatic heterocycles. The molecular formula is C13H27N3O2. The Morgan fingerprint density at radius 3 is 2.56 bits per heavy atom. The van der Waals surface area contributed by atoms with Crippen LogP contribution in [0.2, 0.25) is 0 Å². The van der Waals surface area contributed by atoms with E-state index in [-0.39, 0.29) is 11.9 Å². The fourth-order valence-corrected chi connectivity index (χ4v) is 2.41. The van der Waals surface area contributed by atoms with Crippen molar-refractivity contribution in [3.8, 4) is 0 Å². The Balaban J connectivity index is 2.30. The van der Waals surface area contributed by atoms with Crippen LogP contribution >= 0.6 is 0 Å². The summed E-state index contributed by atoms with van der Waals surface area (Å²) >= 11 is 0. The summed E-state index contributed by atoms with van der Waals surface area (Å²) < 4.78 is 4.97. The summed E-state index contributed by atoms with van der Waals surface area (Å²) in [4.78, 5) is 16.3. The topological polar surface area (TPSA) is 58.8 Å². The Hall–Kier alpha value is -0.650. The standard InChI is InChI=1S/C13H27N3O2/c1-15(2)11-6-8-16(9-7-11)13(17)12(14)5-4-10-18-3/h11-12H,4-10,14H2,1-3H3. The fraction of sp³-hybridized carbons (Fsp3) is 0.923. The lowest BCUT2D eigenvalue weighted by Gasteiger charge is -2.36. The van der Waals surface area contributed by atoms with E-state index in [0.29, 0.717) is 19.1 Å². The lowest BCUT2D eigenvalue weighted by Crippen LogP contribution is -2.50. The Labute approximate surface area is 110 Å². The van der Waals surface area contributed by atoms with Crippen LogP contribution in [-0.2, 0) is 9.53 Å². The van der Waals surface area contributed by atoms with E-state index in [2.05, 4.69) is 19.0 Å². The second-order valence-corrected chi connectivity index (χ2v) is 5.26. The molecule has 0 bridgehead atoms. The van der Waals surface area contributed by atoms with Crippen LogP contribution in [0.3, 0.4) is 0 Å². The highest BCUT2D eigenvalue weighted by Crippen LogP contribution is 2.15. The van der Waals surface area contributed by atoms with Crippen molar-refractivity contribution in [1.82, 2.24) is 9.80 Å². The maximum atomic E-state index is 12.1. The number of piperidine rings is 1. The third kappa shape index (κ3) is 4.55. The molecule has 0 aliphatic carbocycles. The first kappa shape index (κ1) is 15.4. The summed E-state index contributed by atoms with van der Waals surface area (Å²) in [7, 11) is 5.86. The largest absolute Gasteiger partial charge is 0.385 e. The van der Waals surface area contributed by atoms with Crippen LogP contribution in [0, 0.1) is 0 Å². The molecule has 1 rings (SSSR count). The minimum atomic E-state index is -0.365. The van der Waals surface area contributed by atoms with Crippen molar-refractivity contribution in [2.45, 2.75) is 37.8 Å². The van der Waals surface area contributed by atoms with Gasteiger partial charge in [-0.05, 0) is 39.8 Å². The quantitative estimate of drug-likeness (QED) is 0.695. The van der Waals surface area contributed by atoms with Crippen LogP contribution < -0.4 is 5.73 Å². The van der Waals surface area contributed by atoms with E-state index in [9.17, 15) is 4.79 Å². The number of carbonyl (C=O) groups is 1. The first-order valence-electron chi connectivity index (χ1n) is 6.76. The highest BCUT2D eigenvalue weighted by molar-refractivity contribution is 5.81. The molecule has 1 saturated heterocycles. The van der Waals surface area contributed by atoms with Gasteiger partial charge < -0.3 is 20.3 Å². The van der Waals surface area contributed by atoms with Crippen LogP contribution in [0.1, 0.15) is 25.7 Å². The molecule has 106 valence electrons. The number of ether oxygens (including phenoxy) is 1. The van der Waals surface area contributed by atoms with E-state index in [1.807, 2.05) is 4.90 Å². The molecule has 0 aromatic carbocycles. The lowest BCUT2D eigenvalue weighted by molar-refractivity contribution is -0.134. The van der Waals surface area contributed by atoms with Gasteiger partial charge in [0.2, 0.25) is 5.91 Å². The fourth-order valence-electron chi connectivity index (χ4n) is 2.41. The summed E-state index contributed by atoms with van der Waals surface area (Å²) in [5.41, 5.74) is 5.93. The van der Waals surface area contributed by atoms with E-state index in [1.165, 1.54) is 0 Å². The van der Waals surface area contributed by atoms with Gasteiger partial charge in [-0.2, -0.15) is 0 Å². The molecule has 2 N–H and O–H groups in total. The number of nitrogens with zero attached hydrogens (tertiary/aromatic N) is 2. The molecule has 1 heterocycles. The zero-order valence-corrected chi connectivity index (χ0v) is 11.9. The van der Waals surface area contributed by atoms with Gasteiger partial charge >= 0.3 is 0 Å². The monoisotopic (exact) mass is 257 g/mol. The summed E-state index contributed by atoms with van der Waals surface area (Å²) in [6.45, 7) is 2.34. The molecule has 0 spiro atoms. The Morgan fingerprint density at radius 2 is 2.06 bits per heavy atom. The maximum Gasteiger partial charge on any atom is 0.239 e. The molecule has 1 unspecified atom stereocenters. The summed E-state index contributed by atoms with van der Waals surface area (Å²) in [6, 6.07) is 0.231. The highest BCUT2D eigenvalue weighted by Gasteiger charge is 2.26. The third-order valence-electron chi connectivity index (χ3n) is 3.69. The minimum Gasteiger partial charge on any atom is -0.385 e. The Bertz CT molecular complexity index is 251. The molecule has 1 aliphatic heterocycles. The van der Waals surface area contributed by atoms with Gasteiger partial charge in [-0.15, -0.1) is 0 Å². The van der Waals surface area contributed by atoms with Gasteiger partial charge in [-0.3, -0.25) is 4.79 Å². The Morgan fingerprint density at radius 1 is 1.44 bits per heavy atom. The molecular weight excluding hydrogens is 230 g/mol. The molecule has 5 heteroatoms. The van der Waals surface area contributed by atoms with E-state index in [4.69, 9.17) is 10.5 Å². The average Bonchev–Trinajstić information content (AvgIpc) is 2.38. The average molecular weight is 257 g/mol. The second kappa shape index (κ2) is 7.71. The van der Waals surface area contributed by atoms with Gasteiger partial charge in [0.15, 0.2) is 0 Å². The molecule has 5 nitrogen and oxygen atoms in total. The smallest absolute Gasteiger partial charge is 0.239 e. The van der Waals surface area contributed by atoms with Crippen molar-refractivity contribution in [2.24, 2.45) is 5.73 Å². The van der Waals surface area contributed by atoms with Crippen molar-refractivity contribution in [1.29, 1.82) is 0 Å². The van der Waals surface area contributed by atoms with Crippen LogP contribution in [0.25, 0.3) is 0 Å². The number of hydrogen-bond donors (Lipinski definition) is 1.